The van der Waals surface area contributed by atoms with Crippen LogP contribution in [0, 0.1) is 5.82 Å². The van der Waals surface area contributed by atoms with Gasteiger partial charge in [-0.3, -0.25) is 9.59 Å². The fourth-order valence-corrected chi connectivity index (χ4v) is 3.42. The third-order valence-electron chi connectivity index (χ3n) is 4.94. The highest BCUT2D eigenvalue weighted by molar-refractivity contribution is 5.94. The lowest BCUT2D eigenvalue weighted by molar-refractivity contribution is -0.131. The number of aryl methyl sites for hydroxylation is 1. The summed E-state index contributed by atoms with van der Waals surface area (Å²) in [6.07, 6.45) is 2.93. The summed E-state index contributed by atoms with van der Waals surface area (Å²) in [5, 5.41) is 0. The first kappa shape index (κ1) is 19.1. The average molecular weight is 368 g/mol. The molecule has 0 spiro atoms. The summed E-state index contributed by atoms with van der Waals surface area (Å²) in [6, 6.07) is 16.2. The summed E-state index contributed by atoms with van der Waals surface area (Å²) < 4.78 is 13.9. The molecule has 27 heavy (non-hydrogen) atoms. The van der Waals surface area contributed by atoms with Gasteiger partial charge in [0.1, 0.15) is 5.82 Å². The minimum atomic E-state index is -0.499. The van der Waals surface area contributed by atoms with Crippen LogP contribution in [0.3, 0.4) is 0 Å². The maximum absolute atomic E-state index is 13.9. The second kappa shape index (κ2) is 9.31. The molecule has 0 radical (unpaired) electrons. The molecule has 2 aromatic rings. The lowest BCUT2D eigenvalue weighted by atomic mass is 10.1. The van der Waals surface area contributed by atoms with Crippen molar-refractivity contribution in [3.05, 3.63) is 71.5 Å². The largest absolute Gasteiger partial charge is 0.341 e. The molecule has 2 amide bonds. The van der Waals surface area contributed by atoms with Gasteiger partial charge in [-0.1, -0.05) is 42.5 Å². The molecule has 5 heteroatoms. The summed E-state index contributed by atoms with van der Waals surface area (Å²) in [6.45, 7) is 2.13. The first-order chi connectivity index (χ1) is 13.1. The highest BCUT2D eigenvalue weighted by atomic mass is 19.1. The molecule has 0 unspecified atom stereocenters. The van der Waals surface area contributed by atoms with Gasteiger partial charge in [-0.05, 0) is 37.0 Å². The van der Waals surface area contributed by atoms with Crippen molar-refractivity contribution in [3.63, 3.8) is 0 Å². The van der Waals surface area contributed by atoms with Crippen molar-refractivity contribution >= 4 is 11.8 Å². The number of rotatable bonds is 5. The minimum Gasteiger partial charge on any atom is -0.341 e. The molecule has 1 aliphatic rings. The van der Waals surface area contributed by atoms with Crippen LogP contribution in [0.2, 0.25) is 0 Å². The van der Waals surface area contributed by atoms with Crippen LogP contribution in [0.5, 0.6) is 0 Å². The Bertz CT molecular complexity index is 779. The summed E-state index contributed by atoms with van der Waals surface area (Å²) in [7, 11) is 0. The molecular formula is C22H25FN2O2. The molecule has 2 aromatic carbocycles. The third-order valence-corrected chi connectivity index (χ3v) is 4.94. The molecule has 4 nitrogen and oxygen atoms in total. The average Bonchev–Trinajstić information content (AvgIpc) is 2.95. The second-order valence-electron chi connectivity index (χ2n) is 6.85. The molecule has 1 aliphatic heterocycles. The van der Waals surface area contributed by atoms with Crippen molar-refractivity contribution in [1.29, 1.82) is 0 Å². The Kier molecular flexibility index (Phi) is 6.58. The summed E-state index contributed by atoms with van der Waals surface area (Å²) in [4.78, 5) is 28.5. The third kappa shape index (κ3) is 5.16. The minimum absolute atomic E-state index is 0.0973. The van der Waals surface area contributed by atoms with Crippen LogP contribution in [-0.4, -0.2) is 47.8 Å². The summed E-state index contributed by atoms with van der Waals surface area (Å²) in [5.41, 5.74) is 1.34. The van der Waals surface area contributed by atoms with E-state index in [1.54, 1.807) is 17.0 Å². The van der Waals surface area contributed by atoms with E-state index in [1.165, 1.54) is 17.7 Å². The van der Waals surface area contributed by atoms with Gasteiger partial charge in [-0.2, -0.15) is 0 Å². The van der Waals surface area contributed by atoms with Gasteiger partial charge in [-0.25, -0.2) is 4.39 Å². The second-order valence-corrected chi connectivity index (χ2v) is 6.85. The highest BCUT2D eigenvalue weighted by Gasteiger charge is 2.24. The SMILES string of the molecule is O=C(CCCc1ccccc1)N1CCCN(C(=O)c2ccccc2F)CC1. The van der Waals surface area contributed by atoms with Crippen LogP contribution >= 0.6 is 0 Å². The van der Waals surface area contributed by atoms with Gasteiger partial charge in [0.25, 0.3) is 5.91 Å². The number of amides is 2. The standard InChI is InChI=1S/C22H25FN2O2/c23-20-12-5-4-11-19(20)22(27)25-15-7-14-24(16-17-25)21(26)13-6-10-18-8-2-1-3-9-18/h1-5,8-9,11-12H,6-7,10,13-17H2. The first-order valence-electron chi connectivity index (χ1n) is 9.50. The van der Waals surface area contributed by atoms with Crippen LogP contribution in [0.1, 0.15) is 35.2 Å². The number of hydrogen-bond acceptors (Lipinski definition) is 2. The summed E-state index contributed by atoms with van der Waals surface area (Å²) >= 11 is 0. The Morgan fingerprint density at radius 3 is 2.30 bits per heavy atom. The van der Waals surface area contributed by atoms with E-state index in [-0.39, 0.29) is 17.4 Å². The quantitative estimate of drug-likeness (QED) is 0.810. The van der Waals surface area contributed by atoms with Crippen molar-refractivity contribution in [2.24, 2.45) is 0 Å². The van der Waals surface area contributed by atoms with E-state index in [4.69, 9.17) is 0 Å². The molecule has 0 saturated carbocycles. The Morgan fingerprint density at radius 1 is 0.852 bits per heavy atom. The van der Waals surface area contributed by atoms with Crippen molar-refractivity contribution in [2.75, 3.05) is 26.2 Å². The lowest BCUT2D eigenvalue weighted by Crippen LogP contribution is -2.37. The Balaban J connectivity index is 1.49. The maximum Gasteiger partial charge on any atom is 0.256 e. The lowest BCUT2D eigenvalue weighted by Gasteiger charge is -2.22. The van der Waals surface area contributed by atoms with E-state index in [0.29, 0.717) is 39.0 Å². The van der Waals surface area contributed by atoms with Crippen molar-refractivity contribution in [3.8, 4) is 0 Å². The molecular weight excluding hydrogens is 343 g/mol. The normalized spacial score (nSPS) is 14.7. The van der Waals surface area contributed by atoms with Crippen LogP contribution in [-0.2, 0) is 11.2 Å². The van der Waals surface area contributed by atoms with E-state index in [2.05, 4.69) is 12.1 Å². The topological polar surface area (TPSA) is 40.6 Å². The van der Waals surface area contributed by atoms with Gasteiger partial charge < -0.3 is 9.80 Å². The zero-order chi connectivity index (χ0) is 19.1. The van der Waals surface area contributed by atoms with Gasteiger partial charge in [-0.15, -0.1) is 0 Å². The molecule has 0 atom stereocenters. The van der Waals surface area contributed by atoms with Crippen LogP contribution < -0.4 is 0 Å². The fraction of sp³-hybridized carbons (Fsp3) is 0.364. The van der Waals surface area contributed by atoms with E-state index >= 15 is 0 Å². The molecule has 3 rings (SSSR count). The number of carbonyl (C=O) groups is 2. The molecule has 1 saturated heterocycles. The van der Waals surface area contributed by atoms with Crippen LogP contribution in [0.4, 0.5) is 4.39 Å². The first-order valence-corrected chi connectivity index (χ1v) is 9.50. The van der Waals surface area contributed by atoms with Gasteiger partial charge in [0.2, 0.25) is 5.91 Å². The monoisotopic (exact) mass is 368 g/mol. The maximum atomic E-state index is 13.9. The predicted octanol–water partition coefficient (Wildman–Crippen LogP) is 3.52. The van der Waals surface area contributed by atoms with Gasteiger partial charge in [0, 0.05) is 32.6 Å². The number of halogens is 1. The molecule has 1 fully saturated rings. The molecule has 0 N–H and O–H groups in total. The molecule has 0 aromatic heterocycles. The summed E-state index contributed by atoms with van der Waals surface area (Å²) in [5.74, 6) is -0.668. The van der Waals surface area contributed by atoms with Crippen molar-refractivity contribution < 1.29 is 14.0 Å². The van der Waals surface area contributed by atoms with E-state index in [1.807, 2.05) is 23.1 Å². The highest BCUT2D eigenvalue weighted by Crippen LogP contribution is 2.14. The Morgan fingerprint density at radius 2 is 1.52 bits per heavy atom. The van der Waals surface area contributed by atoms with Gasteiger partial charge >= 0.3 is 0 Å². The molecule has 1 heterocycles. The Labute approximate surface area is 159 Å². The van der Waals surface area contributed by atoms with Crippen molar-refractivity contribution in [2.45, 2.75) is 25.7 Å². The molecule has 142 valence electrons. The number of nitrogens with zero attached hydrogens (tertiary/aromatic N) is 2. The zero-order valence-electron chi connectivity index (χ0n) is 15.4. The smallest absolute Gasteiger partial charge is 0.256 e. The molecule has 0 bridgehead atoms. The fourth-order valence-electron chi connectivity index (χ4n) is 3.42. The van der Waals surface area contributed by atoms with Gasteiger partial charge in [0.15, 0.2) is 0 Å². The molecule has 0 aliphatic carbocycles. The van der Waals surface area contributed by atoms with Crippen LogP contribution in [0.15, 0.2) is 54.6 Å². The number of hydrogen-bond donors (Lipinski definition) is 0. The van der Waals surface area contributed by atoms with Crippen molar-refractivity contribution in [1.82, 2.24) is 9.80 Å². The predicted molar refractivity (Wildman–Crippen MR) is 103 cm³/mol. The number of benzene rings is 2. The Hall–Kier alpha value is -2.69. The van der Waals surface area contributed by atoms with Gasteiger partial charge in [0.05, 0.1) is 5.56 Å². The van der Waals surface area contributed by atoms with E-state index < -0.39 is 5.82 Å². The van der Waals surface area contributed by atoms with E-state index in [9.17, 15) is 14.0 Å². The van der Waals surface area contributed by atoms with Crippen LogP contribution in [0.25, 0.3) is 0 Å². The zero-order valence-corrected chi connectivity index (χ0v) is 15.4. The number of carbonyl (C=O) groups excluding carboxylic acids is 2. The van der Waals surface area contributed by atoms with E-state index in [0.717, 1.165) is 12.8 Å².